The first kappa shape index (κ1) is 16.7. The third kappa shape index (κ3) is 4.07. The summed E-state index contributed by atoms with van der Waals surface area (Å²) in [5.74, 6) is 0. The van der Waals surface area contributed by atoms with Crippen LogP contribution in [0.15, 0.2) is 23.3 Å². The number of hydrogen-bond donors (Lipinski definition) is 0. The Hall–Kier alpha value is -1.35. The molecule has 0 radical (unpaired) electrons. The lowest BCUT2D eigenvalue weighted by atomic mass is 10.1. The molecule has 1 aliphatic heterocycles. The molecule has 0 saturated heterocycles. The summed E-state index contributed by atoms with van der Waals surface area (Å²) in [5.41, 5.74) is 3.96. The highest BCUT2D eigenvalue weighted by Crippen LogP contribution is 2.21. The second kappa shape index (κ2) is 8.75. The van der Waals surface area contributed by atoms with Crippen molar-refractivity contribution >= 4 is 11.8 Å². The molecular formula is C17H29N3. The first-order valence-electron chi connectivity index (χ1n) is 7.82. The maximum Gasteiger partial charge on any atom is 0.0388 e. The topological polar surface area (TPSA) is 20.5 Å². The predicted octanol–water partition coefficient (Wildman–Crippen LogP) is 3.84. The molecule has 2 heterocycles. The van der Waals surface area contributed by atoms with Crippen LogP contribution in [0, 0.1) is 0 Å². The highest BCUT2D eigenvalue weighted by Gasteiger charge is 2.16. The number of rotatable bonds is 4. The highest BCUT2D eigenvalue weighted by atomic mass is 15.2. The van der Waals surface area contributed by atoms with Gasteiger partial charge in [-0.15, -0.1) is 0 Å². The number of aromatic nitrogens is 1. The van der Waals surface area contributed by atoms with Crippen LogP contribution in [-0.4, -0.2) is 35.8 Å². The second-order valence-electron chi connectivity index (χ2n) is 4.74. The first-order chi connectivity index (χ1) is 9.78. The fourth-order valence-electron chi connectivity index (χ4n) is 2.48. The number of nitrogens with zero attached hydrogens (tertiary/aromatic N) is 3. The molecule has 0 fully saturated rings. The van der Waals surface area contributed by atoms with Crippen molar-refractivity contribution < 1.29 is 0 Å². The van der Waals surface area contributed by atoms with Crippen molar-refractivity contribution in [2.45, 2.75) is 47.2 Å². The lowest BCUT2D eigenvalue weighted by Gasteiger charge is -2.26. The van der Waals surface area contributed by atoms with Gasteiger partial charge in [-0.2, -0.15) is 0 Å². The Morgan fingerprint density at radius 2 is 2.05 bits per heavy atom. The zero-order chi connectivity index (χ0) is 15.0. The molecule has 112 valence electrons. The fourth-order valence-corrected chi connectivity index (χ4v) is 2.48. The van der Waals surface area contributed by atoms with E-state index in [9.17, 15) is 0 Å². The summed E-state index contributed by atoms with van der Waals surface area (Å²) < 4.78 is 2.38. The summed E-state index contributed by atoms with van der Waals surface area (Å²) in [4.78, 5) is 6.64. The highest BCUT2D eigenvalue weighted by molar-refractivity contribution is 6.09. The van der Waals surface area contributed by atoms with Crippen LogP contribution in [0.2, 0.25) is 0 Å². The first-order valence-corrected chi connectivity index (χ1v) is 7.82. The summed E-state index contributed by atoms with van der Waals surface area (Å²) in [5, 5.41) is 0. The molecule has 2 rings (SSSR count). The van der Waals surface area contributed by atoms with E-state index in [0.29, 0.717) is 0 Å². The van der Waals surface area contributed by atoms with Gasteiger partial charge in [0.15, 0.2) is 0 Å². The van der Waals surface area contributed by atoms with E-state index < -0.39 is 0 Å². The Labute approximate surface area is 124 Å². The lowest BCUT2D eigenvalue weighted by Crippen LogP contribution is -2.32. The van der Waals surface area contributed by atoms with Crippen molar-refractivity contribution in [2.75, 3.05) is 20.1 Å². The zero-order valence-electron chi connectivity index (χ0n) is 13.7. The van der Waals surface area contributed by atoms with Crippen molar-refractivity contribution in [1.82, 2.24) is 9.47 Å². The van der Waals surface area contributed by atoms with Gasteiger partial charge in [-0.1, -0.05) is 33.8 Å². The van der Waals surface area contributed by atoms with Gasteiger partial charge in [0.25, 0.3) is 0 Å². The molecule has 0 aliphatic carbocycles. The van der Waals surface area contributed by atoms with Crippen molar-refractivity contribution in [3.05, 3.63) is 29.6 Å². The molecule has 3 nitrogen and oxygen atoms in total. The summed E-state index contributed by atoms with van der Waals surface area (Å²) in [6.45, 7) is 12.9. The number of aliphatic imine (C=N–C) groups is 1. The average molecular weight is 275 g/mol. The minimum Gasteiger partial charge on any atom is -0.348 e. The van der Waals surface area contributed by atoms with Gasteiger partial charge in [0.2, 0.25) is 0 Å². The molecule has 0 bridgehead atoms. The number of hydrogen-bond acceptors (Lipinski definition) is 2. The normalized spacial score (nSPS) is 15.9. The van der Waals surface area contributed by atoms with Crippen LogP contribution in [0.1, 0.15) is 45.4 Å². The second-order valence-corrected chi connectivity index (χ2v) is 4.74. The molecule has 20 heavy (non-hydrogen) atoms. The van der Waals surface area contributed by atoms with E-state index in [4.69, 9.17) is 0 Å². The molecule has 1 aromatic rings. The van der Waals surface area contributed by atoms with Crippen molar-refractivity contribution in [3.63, 3.8) is 0 Å². The maximum absolute atomic E-state index is 4.16. The summed E-state index contributed by atoms with van der Waals surface area (Å²) in [7, 11) is 1.83. The molecule has 3 heteroatoms. The quantitative estimate of drug-likeness (QED) is 0.765. The summed E-state index contributed by atoms with van der Waals surface area (Å²) in [6, 6.07) is 2.31. The number of allylic oxidation sites excluding steroid dienone is 2. The van der Waals surface area contributed by atoms with E-state index in [1.54, 1.807) is 0 Å². The van der Waals surface area contributed by atoms with Gasteiger partial charge in [-0.05, 0) is 24.6 Å². The van der Waals surface area contributed by atoms with Crippen LogP contribution in [0.5, 0.6) is 0 Å². The van der Waals surface area contributed by atoms with Gasteiger partial charge in [-0.25, -0.2) is 0 Å². The third-order valence-electron chi connectivity index (χ3n) is 3.50. The van der Waals surface area contributed by atoms with Crippen LogP contribution >= 0.6 is 0 Å². The van der Waals surface area contributed by atoms with E-state index >= 15 is 0 Å². The van der Waals surface area contributed by atoms with E-state index in [0.717, 1.165) is 32.6 Å². The smallest absolute Gasteiger partial charge is 0.0388 e. The number of fused-ring (bicyclic) bond motifs is 1. The molecule has 1 aliphatic rings. The summed E-state index contributed by atoms with van der Waals surface area (Å²) >= 11 is 0. The van der Waals surface area contributed by atoms with Crippen LogP contribution in [0.25, 0.3) is 5.57 Å². The maximum atomic E-state index is 4.16. The van der Waals surface area contributed by atoms with Gasteiger partial charge >= 0.3 is 0 Å². The van der Waals surface area contributed by atoms with Gasteiger partial charge in [0.1, 0.15) is 0 Å². The lowest BCUT2D eigenvalue weighted by molar-refractivity contribution is 0.232. The Balaban J connectivity index is 0.000000956. The van der Waals surface area contributed by atoms with E-state index in [1.807, 2.05) is 27.1 Å². The van der Waals surface area contributed by atoms with E-state index in [-0.39, 0.29) is 0 Å². The molecular weight excluding hydrogens is 246 g/mol. The van der Waals surface area contributed by atoms with Crippen LogP contribution in [0.4, 0.5) is 0 Å². The molecule has 0 aromatic carbocycles. The molecule has 0 spiro atoms. The molecule has 1 aromatic heterocycles. The molecule has 0 amide bonds. The molecule has 0 N–H and O–H groups in total. The Bertz CT molecular complexity index is 455. The largest absolute Gasteiger partial charge is 0.348 e. The molecule has 0 unspecified atom stereocenters. The third-order valence-corrected chi connectivity index (χ3v) is 3.50. The van der Waals surface area contributed by atoms with Gasteiger partial charge in [0.05, 0.1) is 0 Å². The molecule has 0 saturated carbocycles. The predicted molar refractivity (Wildman–Crippen MR) is 89.4 cm³/mol. The Kier molecular flexibility index (Phi) is 7.31. The van der Waals surface area contributed by atoms with Crippen molar-refractivity contribution in [1.29, 1.82) is 0 Å². The number of likely N-dealkylation sites (N-methyl/N-ethyl adjacent to an activating group) is 1. The average Bonchev–Trinajstić information content (AvgIpc) is 2.91. The van der Waals surface area contributed by atoms with Crippen LogP contribution < -0.4 is 0 Å². The Morgan fingerprint density at radius 1 is 1.30 bits per heavy atom. The van der Waals surface area contributed by atoms with Crippen molar-refractivity contribution in [2.24, 2.45) is 4.99 Å². The monoisotopic (exact) mass is 275 g/mol. The van der Waals surface area contributed by atoms with Crippen LogP contribution in [0.3, 0.4) is 0 Å². The zero-order valence-corrected chi connectivity index (χ0v) is 13.7. The van der Waals surface area contributed by atoms with Gasteiger partial charge in [-0.3, -0.25) is 9.89 Å². The Morgan fingerprint density at radius 3 is 2.65 bits per heavy atom. The van der Waals surface area contributed by atoms with E-state index in [1.165, 1.54) is 16.8 Å². The van der Waals surface area contributed by atoms with E-state index in [2.05, 4.69) is 46.6 Å². The van der Waals surface area contributed by atoms with Gasteiger partial charge < -0.3 is 4.57 Å². The van der Waals surface area contributed by atoms with Gasteiger partial charge in [0, 0.05) is 50.4 Å². The summed E-state index contributed by atoms with van der Waals surface area (Å²) in [6.07, 6.45) is 7.52. The van der Waals surface area contributed by atoms with Crippen molar-refractivity contribution in [3.8, 4) is 0 Å². The minimum absolute atomic E-state index is 1.04. The molecule has 0 atom stereocenters. The SMILES string of the molecule is CC.CC/C=C(\C=NC)c1cc2n(c1)CCN(CC)C2. The fraction of sp³-hybridized carbons (Fsp3) is 0.588. The minimum atomic E-state index is 1.04. The van der Waals surface area contributed by atoms with Crippen LogP contribution in [-0.2, 0) is 13.1 Å². The standard InChI is InChI=1S/C15H23N3.C2H6/c1-4-6-13(10-16-3)14-9-15-12-17(5-2)7-8-18(15)11-14;1-2/h6,9-11H,4-5,7-8,12H2,1-3H3;1-2H3/b13-6+,16-10?;.